The summed E-state index contributed by atoms with van der Waals surface area (Å²) in [5, 5.41) is 3.22. The number of amides is 1. The van der Waals surface area contributed by atoms with Gasteiger partial charge in [0.05, 0.1) is 5.39 Å². The van der Waals surface area contributed by atoms with Crippen molar-refractivity contribution < 1.29 is 18.7 Å². The minimum atomic E-state index is -0.287. The van der Waals surface area contributed by atoms with E-state index in [-0.39, 0.29) is 29.1 Å². The minimum absolute atomic E-state index is 0.0283. The number of fused-ring (bicyclic) bond motifs is 1. The number of benzene rings is 3. The molecule has 6 heteroatoms. The van der Waals surface area contributed by atoms with Crippen LogP contribution >= 0.6 is 0 Å². The third kappa shape index (κ3) is 5.72. The largest absolute Gasteiger partial charge is 0.484 e. The molecule has 0 spiro atoms. The van der Waals surface area contributed by atoms with E-state index in [1.807, 2.05) is 56.3 Å². The Labute approximate surface area is 204 Å². The molecule has 6 nitrogen and oxygen atoms in total. The van der Waals surface area contributed by atoms with Crippen molar-refractivity contribution in [1.29, 1.82) is 0 Å². The van der Waals surface area contributed by atoms with Gasteiger partial charge in [-0.3, -0.25) is 9.59 Å². The Morgan fingerprint density at radius 1 is 0.943 bits per heavy atom. The van der Waals surface area contributed by atoms with Gasteiger partial charge in [-0.2, -0.15) is 0 Å². The van der Waals surface area contributed by atoms with E-state index in [0.29, 0.717) is 22.5 Å². The first-order valence-electron chi connectivity index (χ1n) is 11.4. The van der Waals surface area contributed by atoms with Crippen LogP contribution in [-0.2, 0) is 10.2 Å². The highest BCUT2D eigenvalue weighted by molar-refractivity contribution is 5.92. The smallest absolute Gasteiger partial charge is 0.262 e. The first-order valence-corrected chi connectivity index (χ1v) is 11.4. The van der Waals surface area contributed by atoms with Gasteiger partial charge in [0.1, 0.15) is 23.3 Å². The summed E-state index contributed by atoms with van der Waals surface area (Å²) in [6.45, 7) is 10.1. The normalized spacial score (nSPS) is 11.3. The van der Waals surface area contributed by atoms with Gasteiger partial charge >= 0.3 is 0 Å². The van der Waals surface area contributed by atoms with Crippen LogP contribution in [0.1, 0.15) is 37.5 Å². The summed E-state index contributed by atoms with van der Waals surface area (Å²) in [5.74, 6) is 0.798. The SMILES string of the molecule is Cc1ccc(C)c(NC(=O)COc2ccc3c(=O)c(Oc4ccc(C(C)(C)C)cc4)coc3c2)c1. The fraction of sp³-hybridized carbons (Fsp3) is 0.241. The zero-order chi connectivity index (χ0) is 25.2. The molecule has 4 aromatic rings. The maximum Gasteiger partial charge on any atom is 0.262 e. The molecule has 0 bridgehead atoms. The highest BCUT2D eigenvalue weighted by Crippen LogP contribution is 2.27. The number of aryl methyl sites for hydroxylation is 2. The molecule has 0 saturated carbocycles. The first-order chi connectivity index (χ1) is 16.6. The van der Waals surface area contributed by atoms with Gasteiger partial charge in [-0.1, -0.05) is 45.0 Å². The van der Waals surface area contributed by atoms with Crippen LogP contribution in [0.3, 0.4) is 0 Å². The molecular formula is C29H29NO5. The molecule has 0 aliphatic rings. The molecule has 0 atom stereocenters. The van der Waals surface area contributed by atoms with E-state index in [1.165, 1.54) is 11.8 Å². The van der Waals surface area contributed by atoms with E-state index in [1.54, 1.807) is 18.2 Å². The molecule has 35 heavy (non-hydrogen) atoms. The predicted molar refractivity (Wildman–Crippen MR) is 138 cm³/mol. The Balaban J connectivity index is 1.44. The van der Waals surface area contributed by atoms with Gasteiger partial charge in [0.25, 0.3) is 5.91 Å². The van der Waals surface area contributed by atoms with E-state index in [9.17, 15) is 9.59 Å². The molecule has 0 fully saturated rings. The number of hydrogen-bond acceptors (Lipinski definition) is 5. The molecule has 0 aliphatic carbocycles. The highest BCUT2D eigenvalue weighted by atomic mass is 16.5. The molecule has 1 heterocycles. The second-order valence-electron chi connectivity index (χ2n) is 9.62. The number of hydrogen-bond donors (Lipinski definition) is 1. The van der Waals surface area contributed by atoms with Crippen LogP contribution in [0, 0.1) is 13.8 Å². The van der Waals surface area contributed by atoms with Crippen molar-refractivity contribution in [3.63, 3.8) is 0 Å². The van der Waals surface area contributed by atoms with Crippen molar-refractivity contribution in [2.24, 2.45) is 0 Å². The molecule has 0 radical (unpaired) electrons. The van der Waals surface area contributed by atoms with Crippen molar-refractivity contribution in [1.82, 2.24) is 0 Å². The van der Waals surface area contributed by atoms with E-state index in [2.05, 4.69) is 26.1 Å². The summed E-state index contributed by atoms with van der Waals surface area (Å²) in [6, 6.07) is 18.3. The number of nitrogens with one attached hydrogen (secondary N) is 1. The van der Waals surface area contributed by atoms with Crippen molar-refractivity contribution >= 4 is 22.6 Å². The third-order valence-corrected chi connectivity index (χ3v) is 5.70. The summed E-state index contributed by atoms with van der Waals surface area (Å²) in [4.78, 5) is 25.2. The third-order valence-electron chi connectivity index (χ3n) is 5.70. The van der Waals surface area contributed by atoms with Crippen LogP contribution in [0.25, 0.3) is 11.0 Å². The van der Waals surface area contributed by atoms with Crippen LogP contribution in [0.2, 0.25) is 0 Å². The van der Waals surface area contributed by atoms with Crippen molar-refractivity contribution in [2.45, 2.75) is 40.0 Å². The molecule has 180 valence electrons. The van der Waals surface area contributed by atoms with E-state index < -0.39 is 0 Å². The van der Waals surface area contributed by atoms with E-state index in [4.69, 9.17) is 13.9 Å². The Hall–Kier alpha value is -4.06. The molecular weight excluding hydrogens is 442 g/mol. The lowest BCUT2D eigenvalue weighted by molar-refractivity contribution is -0.118. The summed E-state index contributed by atoms with van der Waals surface area (Å²) >= 11 is 0. The average Bonchev–Trinajstić information content (AvgIpc) is 2.81. The fourth-order valence-electron chi connectivity index (χ4n) is 3.61. The topological polar surface area (TPSA) is 77.8 Å². The van der Waals surface area contributed by atoms with Crippen molar-refractivity contribution in [3.8, 4) is 17.2 Å². The molecule has 0 unspecified atom stereocenters. The lowest BCUT2D eigenvalue weighted by atomic mass is 9.87. The second-order valence-corrected chi connectivity index (χ2v) is 9.62. The first kappa shape index (κ1) is 24.1. The predicted octanol–water partition coefficient (Wildman–Crippen LogP) is 6.52. The molecule has 1 aromatic heterocycles. The van der Waals surface area contributed by atoms with Crippen LogP contribution in [-0.4, -0.2) is 12.5 Å². The Morgan fingerprint density at radius 2 is 1.66 bits per heavy atom. The Bertz CT molecular complexity index is 1430. The maximum absolute atomic E-state index is 12.9. The lowest BCUT2D eigenvalue weighted by Crippen LogP contribution is -2.20. The summed E-state index contributed by atoms with van der Waals surface area (Å²) in [7, 11) is 0. The highest BCUT2D eigenvalue weighted by Gasteiger charge is 2.15. The number of anilines is 1. The summed E-state index contributed by atoms with van der Waals surface area (Å²) in [6.07, 6.45) is 1.29. The van der Waals surface area contributed by atoms with Gasteiger partial charge < -0.3 is 19.2 Å². The maximum atomic E-state index is 12.9. The van der Waals surface area contributed by atoms with Gasteiger partial charge in [0, 0.05) is 11.8 Å². The molecule has 4 rings (SSSR count). The minimum Gasteiger partial charge on any atom is -0.484 e. The second kappa shape index (κ2) is 9.66. The van der Waals surface area contributed by atoms with Crippen LogP contribution in [0.5, 0.6) is 17.2 Å². The van der Waals surface area contributed by atoms with Gasteiger partial charge in [-0.25, -0.2) is 0 Å². The Morgan fingerprint density at radius 3 is 2.37 bits per heavy atom. The van der Waals surface area contributed by atoms with Crippen LogP contribution in [0.4, 0.5) is 5.69 Å². The van der Waals surface area contributed by atoms with Gasteiger partial charge in [-0.05, 0) is 66.3 Å². The Kier molecular flexibility index (Phi) is 6.65. The van der Waals surface area contributed by atoms with Gasteiger partial charge in [-0.15, -0.1) is 0 Å². The molecule has 1 amide bonds. The van der Waals surface area contributed by atoms with E-state index >= 15 is 0 Å². The number of carbonyl (C=O) groups is 1. The molecule has 0 aliphatic heterocycles. The number of ether oxygens (including phenoxy) is 2. The monoisotopic (exact) mass is 471 g/mol. The average molecular weight is 472 g/mol. The summed E-state index contributed by atoms with van der Waals surface area (Å²) < 4.78 is 17.0. The van der Waals surface area contributed by atoms with Crippen molar-refractivity contribution in [3.05, 3.63) is 93.8 Å². The fourth-order valence-corrected chi connectivity index (χ4v) is 3.61. The molecule has 3 aromatic carbocycles. The van der Waals surface area contributed by atoms with Crippen LogP contribution < -0.4 is 20.2 Å². The lowest BCUT2D eigenvalue weighted by Gasteiger charge is -2.19. The van der Waals surface area contributed by atoms with Gasteiger partial charge in [0.15, 0.2) is 6.61 Å². The molecule has 0 saturated heterocycles. The van der Waals surface area contributed by atoms with Gasteiger partial charge in [0.2, 0.25) is 11.2 Å². The standard InChI is InChI=1S/C29H29NO5/c1-18-6-7-19(2)24(14-18)30-27(31)17-33-22-12-13-23-25(15-22)34-16-26(28(23)32)35-21-10-8-20(9-11-21)29(3,4)5/h6-16H,17H2,1-5H3,(H,30,31). The quantitative estimate of drug-likeness (QED) is 0.346. The zero-order valence-electron chi connectivity index (χ0n) is 20.6. The van der Waals surface area contributed by atoms with Crippen molar-refractivity contribution in [2.75, 3.05) is 11.9 Å². The van der Waals surface area contributed by atoms with E-state index in [0.717, 1.165) is 16.8 Å². The number of carbonyl (C=O) groups excluding carboxylic acids is 1. The molecule has 1 N–H and O–H groups in total. The number of rotatable bonds is 6. The van der Waals surface area contributed by atoms with Crippen LogP contribution in [0.15, 0.2) is 76.1 Å². The zero-order valence-corrected chi connectivity index (χ0v) is 20.6. The summed E-state index contributed by atoms with van der Waals surface area (Å²) in [5.41, 5.74) is 4.04.